The zero-order valence-electron chi connectivity index (χ0n) is 8.56. The fourth-order valence-electron chi connectivity index (χ4n) is 1.32. The molecule has 0 unspecified atom stereocenters. The van der Waals surface area contributed by atoms with Gasteiger partial charge in [0.15, 0.2) is 0 Å². The molecule has 2 rings (SSSR count). The average Bonchev–Trinajstić information content (AvgIpc) is 2.33. The van der Waals surface area contributed by atoms with Crippen molar-refractivity contribution in [3.8, 4) is 11.5 Å². The number of benzene rings is 1. The number of rotatable bonds is 3. The van der Waals surface area contributed by atoms with Crippen LogP contribution in [0.4, 0.5) is 0 Å². The van der Waals surface area contributed by atoms with Crippen LogP contribution >= 0.6 is 15.9 Å². The Kier molecular flexibility index (Phi) is 3.54. The van der Waals surface area contributed by atoms with Crippen LogP contribution in [0, 0.1) is 0 Å². The molecule has 0 saturated carbocycles. The zero-order valence-corrected chi connectivity index (χ0v) is 10.1. The van der Waals surface area contributed by atoms with Gasteiger partial charge in [-0.3, -0.25) is 4.98 Å². The zero-order chi connectivity index (χ0) is 11.4. The van der Waals surface area contributed by atoms with Crippen LogP contribution in [0.2, 0.25) is 0 Å². The van der Waals surface area contributed by atoms with Gasteiger partial charge in [0.2, 0.25) is 0 Å². The first kappa shape index (κ1) is 11.1. The van der Waals surface area contributed by atoms with Crippen molar-refractivity contribution in [2.24, 2.45) is 5.73 Å². The molecular weight excluding hydrogens is 268 g/mol. The van der Waals surface area contributed by atoms with Gasteiger partial charge in [-0.15, -0.1) is 0 Å². The molecule has 0 spiro atoms. The monoisotopic (exact) mass is 278 g/mol. The normalized spacial score (nSPS) is 10.1. The third-order valence-electron chi connectivity index (χ3n) is 2.15. The molecule has 2 aromatic rings. The maximum atomic E-state index is 5.74. The van der Waals surface area contributed by atoms with Gasteiger partial charge in [0.1, 0.15) is 11.5 Å². The van der Waals surface area contributed by atoms with Gasteiger partial charge < -0.3 is 10.5 Å². The predicted octanol–water partition coefficient (Wildman–Crippen LogP) is 3.10. The highest BCUT2D eigenvalue weighted by Gasteiger charge is 2.05. The molecule has 4 heteroatoms. The van der Waals surface area contributed by atoms with Crippen LogP contribution in [-0.2, 0) is 6.54 Å². The lowest BCUT2D eigenvalue weighted by molar-refractivity contribution is 0.471. The first-order valence-corrected chi connectivity index (χ1v) is 5.66. The van der Waals surface area contributed by atoms with Gasteiger partial charge in [-0.05, 0) is 34.1 Å². The molecule has 1 aromatic heterocycles. The van der Waals surface area contributed by atoms with Crippen LogP contribution in [0.3, 0.4) is 0 Å². The predicted molar refractivity (Wildman–Crippen MR) is 66.3 cm³/mol. The van der Waals surface area contributed by atoms with Crippen molar-refractivity contribution in [3.63, 3.8) is 0 Å². The maximum absolute atomic E-state index is 5.74. The summed E-state index contributed by atoms with van der Waals surface area (Å²) in [6.07, 6.45) is 3.37. The SMILES string of the molecule is NCc1ccncc1Oc1ccccc1Br. The lowest BCUT2D eigenvalue weighted by Crippen LogP contribution is -1.99. The molecule has 0 saturated heterocycles. The van der Waals surface area contributed by atoms with Crippen LogP contribution in [0.1, 0.15) is 5.56 Å². The van der Waals surface area contributed by atoms with Crippen molar-refractivity contribution in [1.29, 1.82) is 0 Å². The van der Waals surface area contributed by atoms with Gasteiger partial charge in [-0.2, -0.15) is 0 Å². The van der Waals surface area contributed by atoms with Gasteiger partial charge in [0.25, 0.3) is 0 Å². The van der Waals surface area contributed by atoms with Crippen molar-refractivity contribution < 1.29 is 4.74 Å². The highest BCUT2D eigenvalue weighted by molar-refractivity contribution is 9.10. The van der Waals surface area contributed by atoms with E-state index < -0.39 is 0 Å². The Hall–Kier alpha value is -1.39. The summed E-state index contributed by atoms with van der Waals surface area (Å²) in [5.74, 6) is 1.45. The molecule has 0 aliphatic rings. The van der Waals surface area contributed by atoms with Crippen molar-refractivity contribution >= 4 is 15.9 Å². The van der Waals surface area contributed by atoms with Gasteiger partial charge in [0.05, 0.1) is 10.7 Å². The van der Waals surface area contributed by atoms with Gasteiger partial charge >= 0.3 is 0 Å². The minimum Gasteiger partial charge on any atom is -0.454 e. The molecule has 2 N–H and O–H groups in total. The van der Waals surface area contributed by atoms with Crippen molar-refractivity contribution in [2.75, 3.05) is 0 Å². The summed E-state index contributed by atoms with van der Waals surface area (Å²) in [5.41, 5.74) is 6.56. The van der Waals surface area contributed by atoms with Crippen molar-refractivity contribution in [2.45, 2.75) is 6.54 Å². The second-order valence-electron chi connectivity index (χ2n) is 3.22. The van der Waals surface area contributed by atoms with E-state index in [4.69, 9.17) is 10.5 Å². The minimum absolute atomic E-state index is 0.433. The Morgan fingerprint density at radius 3 is 2.75 bits per heavy atom. The number of hydrogen-bond donors (Lipinski definition) is 1. The van der Waals surface area contributed by atoms with Gasteiger partial charge in [-0.25, -0.2) is 0 Å². The van der Waals surface area contributed by atoms with Gasteiger partial charge in [0, 0.05) is 18.3 Å². The minimum atomic E-state index is 0.433. The number of pyridine rings is 1. The molecular formula is C12H11BrN2O. The molecule has 3 nitrogen and oxygen atoms in total. The van der Waals surface area contributed by atoms with E-state index in [1.165, 1.54) is 0 Å². The van der Waals surface area contributed by atoms with E-state index in [1.54, 1.807) is 12.4 Å². The van der Waals surface area contributed by atoms with Crippen LogP contribution in [0.15, 0.2) is 47.2 Å². The Labute approximate surface area is 102 Å². The highest BCUT2D eigenvalue weighted by Crippen LogP contribution is 2.30. The summed E-state index contributed by atoms with van der Waals surface area (Å²) >= 11 is 3.42. The number of para-hydroxylation sites is 1. The van der Waals surface area contributed by atoms with Crippen LogP contribution < -0.4 is 10.5 Å². The van der Waals surface area contributed by atoms with E-state index in [0.29, 0.717) is 12.3 Å². The number of nitrogens with two attached hydrogens (primary N) is 1. The first-order chi connectivity index (χ1) is 7.81. The van der Waals surface area contributed by atoms with E-state index >= 15 is 0 Å². The Morgan fingerprint density at radius 1 is 1.19 bits per heavy atom. The summed E-state index contributed by atoms with van der Waals surface area (Å²) < 4.78 is 6.65. The summed E-state index contributed by atoms with van der Waals surface area (Å²) in [6.45, 7) is 0.433. The molecule has 82 valence electrons. The highest BCUT2D eigenvalue weighted by atomic mass is 79.9. The molecule has 0 radical (unpaired) electrons. The molecule has 0 aliphatic heterocycles. The molecule has 1 heterocycles. The van der Waals surface area contributed by atoms with Gasteiger partial charge in [-0.1, -0.05) is 12.1 Å². The van der Waals surface area contributed by atoms with Crippen LogP contribution in [0.5, 0.6) is 11.5 Å². The van der Waals surface area contributed by atoms with E-state index in [9.17, 15) is 0 Å². The topological polar surface area (TPSA) is 48.1 Å². The Bertz CT molecular complexity index is 488. The fraction of sp³-hybridized carbons (Fsp3) is 0.0833. The molecule has 0 fully saturated rings. The van der Waals surface area contributed by atoms with E-state index in [0.717, 1.165) is 15.8 Å². The number of nitrogens with zero attached hydrogens (tertiary/aromatic N) is 1. The maximum Gasteiger partial charge on any atom is 0.150 e. The summed E-state index contributed by atoms with van der Waals surface area (Å²) in [4.78, 5) is 4.02. The molecule has 0 amide bonds. The van der Waals surface area contributed by atoms with E-state index in [-0.39, 0.29) is 0 Å². The second kappa shape index (κ2) is 5.09. The molecule has 16 heavy (non-hydrogen) atoms. The third kappa shape index (κ3) is 2.40. The average molecular weight is 279 g/mol. The third-order valence-corrected chi connectivity index (χ3v) is 2.80. The largest absolute Gasteiger partial charge is 0.454 e. The lowest BCUT2D eigenvalue weighted by Gasteiger charge is -2.10. The van der Waals surface area contributed by atoms with E-state index in [1.807, 2.05) is 30.3 Å². The van der Waals surface area contributed by atoms with Crippen LogP contribution in [0.25, 0.3) is 0 Å². The standard InChI is InChI=1S/C12H11BrN2O/c13-10-3-1-2-4-11(10)16-12-8-15-6-5-9(12)7-14/h1-6,8H,7,14H2. The summed E-state index contributed by atoms with van der Waals surface area (Å²) in [6, 6.07) is 9.51. The van der Waals surface area contributed by atoms with Crippen molar-refractivity contribution in [3.05, 3.63) is 52.8 Å². The fourth-order valence-corrected chi connectivity index (χ4v) is 1.68. The second-order valence-corrected chi connectivity index (χ2v) is 4.07. The van der Waals surface area contributed by atoms with E-state index in [2.05, 4.69) is 20.9 Å². The Morgan fingerprint density at radius 2 is 2.00 bits per heavy atom. The summed E-state index contributed by atoms with van der Waals surface area (Å²) in [5, 5.41) is 0. The van der Waals surface area contributed by atoms with Crippen LogP contribution in [-0.4, -0.2) is 4.98 Å². The first-order valence-electron chi connectivity index (χ1n) is 4.86. The molecule has 0 atom stereocenters. The van der Waals surface area contributed by atoms with Crippen molar-refractivity contribution in [1.82, 2.24) is 4.98 Å². The molecule has 0 aliphatic carbocycles. The number of halogens is 1. The molecule has 0 bridgehead atoms. The number of ether oxygens (including phenoxy) is 1. The number of aromatic nitrogens is 1. The summed E-state index contributed by atoms with van der Waals surface area (Å²) in [7, 11) is 0. The number of hydrogen-bond acceptors (Lipinski definition) is 3. The molecule has 1 aromatic carbocycles. The quantitative estimate of drug-likeness (QED) is 0.939. The Balaban J connectivity index is 2.30. The lowest BCUT2D eigenvalue weighted by atomic mass is 10.2. The smallest absolute Gasteiger partial charge is 0.150 e.